The van der Waals surface area contributed by atoms with Crippen LogP contribution in [0, 0.1) is 24.4 Å². The van der Waals surface area contributed by atoms with Crippen molar-refractivity contribution < 1.29 is 4.39 Å². The Morgan fingerprint density at radius 2 is 1.90 bits per heavy atom. The summed E-state index contributed by atoms with van der Waals surface area (Å²) < 4.78 is 16.3. The highest BCUT2D eigenvalue weighted by molar-refractivity contribution is 7.71. The molecule has 0 bridgehead atoms. The van der Waals surface area contributed by atoms with Gasteiger partial charge in [0.2, 0.25) is 0 Å². The molecule has 1 aromatic heterocycles. The fraction of sp³-hybridized carbons (Fsp3) is 0.188. The zero-order valence-corrected chi connectivity index (χ0v) is 13.3. The molecule has 2 nitrogen and oxygen atoms in total. The maximum Gasteiger partial charge on any atom is 0.178 e. The van der Waals surface area contributed by atoms with Crippen LogP contribution in [0.5, 0.6) is 0 Å². The summed E-state index contributed by atoms with van der Waals surface area (Å²) in [6, 6.07) is 9.35. The Balaban J connectivity index is 2.15. The van der Waals surface area contributed by atoms with Crippen LogP contribution in [0.2, 0.25) is 5.02 Å². The number of H-pyrrole nitrogens is 1. The number of hydrogen-bond donors (Lipinski definition) is 1. The number of fused-ring (bicyclic) bond motifs is 1. The van der Waals surface area contributed by atoms with Crippen molar-refractivity contribution in [2.75, 3.05) is 0 Å². The van der Waals surface area contributed by atoms with Crippen molar-refractivity contribution in [3.05, 3.63) is 62.6 Å². The summed E-state index contributed by atoms with van der Waals surface area (Å²) in [6.45, 7) is 4.10. The SMILES string of the molecule is Cc1cc(Cn2c(=S)[nH]c3cccc(Cl)c32)cc(C)c1F. The van der Waals surface area contributed by atoms with Gasteiger partial charge in [0, 0.05) is 0 Å². The second-order valence-corrected chi connectivity index (χ2v) is 5.99. The van der Waals surface area contributed by atoms with Gasteiger partial charge in [-0.1, -0.05) is 29.8 Å². The van der Waals surface area contributed by atoms with E-state index in [0.717, 1.165) is 16.6 Å². The van der Waals surface area contributed by atoms with Gasteiger partial charge in [0.05, 0.1) is 22.6 Å². The van der Waals surface area contributed by atoms with Crippen molar-refractivity contribution in [1.29, 1.82) is 0 Å². The molecule has 5 heteroatoms. The third-order valence-corrected chi connectivity index (χ3v) is 4.21. The second kappa shape index (κ2) is 5.28. The molecule has 0 atom stereocenters. The molecule has 0 aliphatic carbocycles. The fourth-order valence-corrected chi connectivity index (χ4v) is 3.18. The Kier molecular flexibility index (Phi) is 3.59. The summed E-state index contributed by atoms with van der Waals surface area (Å²) in [5.41, 5.74) is 4.07. The molecule has 0 saturated carbocycles. The zero-order chi connectivity index (χ0) is 15.1. The first-order chi connectivity index (χ1) is 9.97. The standard InChI is InChI=1S/C16H14ClFN2S/c1-9-6-11(7-10(2)14(9)18)8-20-15-12(17)4-3-5-13(15)19-16(20)21/h3-7H,8H2,1-2H3,(H,19,21). The minimum Gasteiger partial charge on any atom is -0.331 e. The lowest BCUT2D eigenvalue weighted by molar-refractivity contribution is 0.607. The third-order valence-electron chi connectivity index (χ3n) is 3.58. The molecule has 0 radical (unpaired) electrons. The van der Waals surface area contributed by atoms with Gasteiger partial charge in [-0.3, -0.25) is 0 Å². The number of aromatic amines is 1. The summed E-state index contributed by atoms with van der Waals surface area (Å²) in [5.74, 6) is -0.153. The van der Waals surface area contributed by atoms with Crippen LogP contribution >= 0.6 is 23.8 Å². The largest absolute Gasteiger partial charge is 0.331 e. The molecule has 108 valence electrons. The summed E-state index contributed by atoms with van der Waals surface area (Å²) in [6.07, 6.45) is 0. The number of para-hydroxylation sites is 1. The Morgan fingerprint density at radius 3 is 2.57 bits per heavy atom. The van der Waals surface area contributed by atoms with Crippen molar-refractivity contribution in [3.63, 3.8) is 0 Å². The van der Waals surface area contributed by atoms with Crippen LogP contribution < -0.4 is 0 Å². The van der Waals surface area contributed by atoms with Crippen molar-refractivity contribution >= 4 is 34.9 Å². The Morgan fingerprint density at radius 1 is 1.24 bits per heavy atom. The molecule has 0 aliphatic rings. The van der Waals surface area contributed by atoms with Gasteiger partial charge in [-0.05, 0) is 54.9 Å². The Labute approximate surface area is 132 Å². The van der Waals surface area contributed by atoms with Crippen molar-refractivity contribution in [2.24, 2.45) is 0 Å². The van der Waals surface area contributed by atoms with Crippen LogP contribution in [0.4, 0.5) is 4.39 Å². The van der Waals surface area contributed by atoms with Gasteiger partial charge in [0.1, 0.15) is 5.82 Å². The van der Waals surface area contributed by atoms with E-state index in [2.05, 4.69) is 4.98 Å². The predicted octanol–water partition coefficient (Wildman–Crippen LogP) is 5.16. The van der Waals surface area contributed by atoms with Crippen molar-refractivity contribution in [3.8, 4) is 0 Å². The normalized spacial score (nSPS) is 11.2. The molecule has 3 rings (SSSR count). The van der Waals surface area contributed by atoms with E-state index in [1.54, 1.807) is 13.8 Å². The molecule has 0 spiro atoms. The summed E-state index contributed by atoms with van der Waals surface area (Å²) in [7, 11) is 0. The highest BCUT2D eigenvalue weighted by Crippen LogP contribution is 2.25. The summed E-state index contributed by atoms with van der Waals surface area (Å²) in [5, 5.41) is 0.649. The average molecular weight is 321 g/mol. The van der Waals surface area contributed by atoms with Crippen LogP contribution in [0.1, 0.15) is 16.7 Å². The lowest BCUT2D eigenvalue weighted by atomic mass is 10.1. The van der Waals surface area contributed by atoms with Gasteiger partial charge in [-0.25, -0.2) is 4.39 Å². The number of benzene rings is 2. The van der Waals surface area contributed by atoms with E-state index in [4.69, 9.17) is 23.8 Å². The van der Waals surface area contributed by atoms with Crippen LogP contribution in [-0.2, 0) is 6.54 Å². The first kappa shape index (κ1) is 14.3. The predicted molar refractivity (Wildman–Crippen MR) is 87.1 cm³/mol. The molecule has 0 saturated heterocycles. The Hall–Kier alpha value is -1.65. The summed E-state index contributed by atoms with van der Waals surface area (Å²) >= 11 is 11.7. The number of imidazole rings is 1. The van der Waals surface area contributed by atoms with Crippen LogP contribution in [0.3, 0.4) is 0 Å². The van der Waals surface area contributed by atoms with E-state index in [9.17, 15) is 4.39 Å². The summed E-state index contributed by atoms with van der Waals surface area (Å²) in [4.78, 5) is 3.15. The number of hydrogen-bond acceptors (Lipinski definition) is 1. The minimum absolute atomic E-state index is 0.153. The van der Waals surface area contributed by atoms with Crippen LogP contribution in [-0.4, -0.2) is 9.55 Å². The van der Waals surface area contributed by atoms with Gasteiger partial charge in [0.15, 0.2) is 4.77 Å². The van der Waals surface area contributed by atoms with Crippen LogP contribution in [0.15, 0.2) is 30.3 Å². The van der Waals surface area contributed by atoms with Gasteiger partial charge in [0.25, 0.3) is 0 Å². The number of nitrogens with zero attached hydrogens (tertiary/aromatic N) is 1. The molecule has 0 fully saturated rings. The van der Waals surface area contributed by atoms with Crippen LogP contribution in [0.25, 0.3) is 11.0 Å². The van der Waals surface area contributed by atoms with E-state index < -0.39 is 0 Å². The molecule has 1 heterocycles. The van der Waals surface area contributed by atoms with Crippen molar-refractivity contribution in [1.82, 2.24) is 9.55 Å². The molecule has 0 aliphatic heterocycles. The lowest BCUT2D eigenvalue weighted by Crippen LogP contribution is -2.02. The van der Waals surface area contributed by atoms with Gasteiger partial charge < -0.3 is 9.55 Å². The van der Waals surface area contributed by atoms with Gasteiger partial charge in [-0.2, -0.15) is 0 Å². The maximum absolute atomic E-state index is 13.7. The smallest absolute Gasteiger partial charge is 0.178 e. The maximum atomic E-state index is 13.7. The van der Waals surface area contributed by atoms with E-state index in [0.29, 0.717) is 27.5 Å². The van der Waals surface area contributed by atoms with E-state index in [-0.39, 0.29) is 5.82 Å². The van der Waals surface area contributed by atoms with Gasteiger partial charge >= 0.3 is 0 Å². The number of aromatic nitrogens is 2. The topological polar surface area (TPSA) is 20.7 Å². The molecule has 3 aromatic rings. The molecule has 2 aromatic carbocycles. The number of halogens is 2. The highest BCUT2D eigenvalue weighted by atomic mass is 35.5. The van der Waals surface area contributed by atoms with Crippen molar-refractivity contribution in [2.45, 2.75) is 20.4 Å². The number of aryl methyl sites for hydroxylation is 2. The second-order valence-electron chi connectivity index (χ2n) is 5.20. The molecular weight excluding hydrogens is 307 g/mol. The Bertz CT molecular complexity index is 872. The molecular formula is C16H14ClFN2S. The van der Waals surface area contributed by atoms with E-state index in [1.807, 2.05) is 34.9 Å². The fourth-order valence-electron chi connectivity index (χ4n) is 2.64. The molecule has 21 heavy (non-hydrogen) atoms. The lowest BCUT2D eigenvalue weighted by Gasteiger charge is -2.09. The zero-order valence-electron chi connectivity index (χ0n) is 11.7. The van der Waals surface area contributed by atoms with E-state index in [1.165, 1.54) is 0 Å². The number of nitrogens with one attached hydrogen (secondary N) is 1. The highest BCUT2D eigenvalue weighted by Gasteiger charge is 2.10. The monoisotopic (exact) mass is 320 g/mol. The molecule has 0 unspecified atom stereocenters. The third kappa shape index (κ3) is 2.49. The average Bonchev–Trinajstić information content (AvgIpc) is 2.74. The quantitative estimate of drug-likeness (QED) is 0.647. The minimum atomic E-state index is -0.153. The molecule has 1 N–H and O–H groups in total. The first-order valence-corrected chi connectivity index (χ1v) is 7.38. The first-order valence-electron chi connectivity index (χ1n) is 6.60. The molecule has 0 amide bonds. The van der Waals surface area contributed by atoms with E-state index >= 15 is 0 Å². The number of rotatable bonds is 2. The van der Waals surface area contributed by atoms with Gasteiger partial charge in [-0.15, -0.1) is 0 Å².